The molecule has 0 radical (unpaired) electrons. The average Bonchev–Trinajstić information content (AvgIpc) is 3.27. The van der Waals surface area contributed by atoms with E-state index in [1.165, 1.54) is 0 Å². The van der Waals surface area contributed by atoms with Gasteiger partial charge in [0.1, 0.15) is 0 Å². The van der Waals surface area contributed by atoms with Gasteiger partial charge in [-0.1, -0.05) is 12.1 Å². The summed E-state index contributed by atoms with van der Waals surface area (Å²) in [5.41, 5.74) is 1.55. The first kappa shape index (κ1) is 16.0. The van der Waals surface area contributed by atoms with E-state index in [0.29, 0.717) is 23.3 Å². The highest BCUT2D eigenvalue weighted by molar-refractivity contribution is 5.95. The second-order valence-electron chi connectivity index (χ2n) is 7.18. The minimum atomic E-state index is -0.0343. The fourth-order valence-electron chi connectivity index (χ4n) is 3.86. The van der Waals surface area contributed by atoms with Crippen LogP contribution in [0.5, 0.6) is 0 Å². The molecule has 2 aromatic heterocycles. The molecular weight excluding hydrogens is 344 g/mol. The zero-order valence-electron chi connectivity index (χ0n) is 15.1. The maximum absolute atomic E-state index is 12.6. The maximum Gasteiger partial charge on any atom is 0.262 e. The molecule has 2 aliphatic rings. The zero-order valence-corrected chi connectivity index (χ0v) is 15.1. The molecule has 2 aliphatic heterocycles. The Bertz CT molecular complexity index is 1100. The van der Waals surface area contributed by atoms with Crippen molar-refractivity contribution in [3.63, 3.8) is 0 Å². The van der Waals surface area contributed by atoms with E-state index < -0.39 is 0 Å². The molecule has 3 aromatic rings. The van der Waals surface area contributed by atoms with Gasteiger partial charge in [0.05, 0.1) is 28.8 Å². The monoisotopic (exact) mass is 364 g/mol. The van der Waals surface area contributed by atoms with E-state index in [-0.39, 0.29) is 17.5 Å². The topological polar surface area (TPSA) is 76.3 Å². The van der Waals surface area contributed by atoms with Gasteiger partial charge in [0.2, 0.25) is 11.9 Å². The molecule has 1 amide bonds. The van der Waals surface area contributed by atoms with Gasteiger partial charge in [0.15, 0.2) is 0 Å². The van der Waals surface area contributed by atoms with E-state index in [2.05, 4.69) is 15.0 Å². The predicted molar refractivity (Wildman–Crippen MR) is 102 cm³/mol. The summed E-state index contributed by atoms with van der Waals surface area (Å²) in [5, 5.41) is 5.07. The molecule has 0 atom stereocenters. The van der Waals surface area contributed by atoms with Crippen LogP contribution in [0.1, 0.15) is 18.9 Å². The SMILES string of the molecule is Cn1c(N2CC(n3cc(N4CCCC4=O)cn3)C2)nc2ccccc2c1=O. The third-order valence-corrected chi connectivity index (χ3v) is 5.45. The van der Waals surface area contributed by atoms with Crippen molar-refractivity contribution in [2.75, 3.05) is 29.4 Å². The van der Waals surface area contributed by atoms with Crippen LogP contribution in [0.15, 0.2) is 41.5 Å². The second kappa shape index (κ2) is 5.94. The number of aromatic nitrogens is 4. The number of carbonyl (C=O) groups excluding carboxylic acids is 1. The van der Waals surface area contributed by atoms with Crippen molar-refractivity contribution < 1.29 is 4.79 Å². The average molecular weight is 364 g/mol. The number of hydrogen-bond donors (Lipinski definition) is 0. The first-order valence-electron chi connectivity index (χ1n) is 9.17. The molecule has 27 heavy (non-hydrogen) atoms. The summed E-state index contributed by atoms with van der Waals surface area (Å²) in [7, 11) is 1.76. The molecule has 5 rings (SSSR count). The van der Waals surface area contributed by atoms with Crippen LogP contribution in [0.2, 0.25) is 0 Å². The minimum absolute atomic E-state index is 0.0343. The van der Waals surface area contributed by atoms with Crippen LogP contribution in [0.25, 0.3) is 10.9 Å². The molecule has 0 saturated carbocycles. The molecule has 0 aliphatic carbocycles. The number of anilines is 2. The Hall–Kier alpha value is -3.16. The number of fused-ring (bicyclic) bond motifs is 1. The number of amides is 1. The Morgan fingerprint density at radius 2 is 1.96 bits per heavy atom. The van der Waals surface area contributed by atoms with Crippen molar-refractivity contribution in [1.29, 1.82) is 0 Å². The fraction of sp³-hybridized carbons (Fsp3) is 0.368. The lowest BCUT2D eigenvalue weighted by atomic mass is 10.1. The largest absolute Gasteiger partial charge is 0.338 e. The summed E-state index contributed by atoms with van der Waals surface area (Å²) >= 11 is 0. The van der Waals surface area contributed by atoms with Crippen LogP contribution in [0.3, 0.4) is 0 Å². The lowest BCUT2D eigenvalue weighted by Gasteiger charge is -2.40. The van der Waals surface area contributed by atoms with Gasteiger partial charge in [0.25, 0.3) is 5.56 Å². The molecule has 2 fully saturated rings. The molecule has 8 heteroatoms. The van der Waals surface area contributed by atoms with E-state index in [9.17, 15) is 9.59 Å². The highest BCUT2D eigenvalue weighted by Crippen LogP contribution is 2.28. The lowest BCUT2D eigenvalue weighted by molar-refractivity contribution is -0.117. The minimum Gasteiger partial charge on any atom is -0.338 e. The number of nitrogens with zero attached hydrogens (tertiary/aromatic N) is 6. The molecule has 0 N–H and O–H groups in total. The summed E-state index contributed by atoms with van der Waals surface area (Å²) in [5.74, 6) is 0.845. The van der Waals surface area contributed by atoms with Crippen LogP contribution in [0, 0.1) is 0 Å². The Balaban J connectivity index is 1.36. The van der Waals surface area contributed by atoms with E-state index in [4.69, 9.17) is 0 Å². The predicted octanol–water partition coefficient (Wildman–Crippen LogP) is 1.32. The standard InChI is InChI=1S/C19H20N6O2/c1-22-18(27)15-5-2-3-6-16(15)21-19(22)23-10-14(11-23)25-12-13(9-20-25)24-8-4-7-17(24)26/h2-3,5-6,9,12,14H,4,7-8,10-11H2,1H3. The number of carbonyl (C=O) groups is 1. The van der Waals surface area contributed by atoms with Gasteiger partial charge in [-0.2, -0.15) is 5.10 Å². The molecule has 0 spiro atoms. The Morgan fingerprint density at radius 1 is 1.15 bits per heavy atom. The molecule has 1 aromatic carbocycles. The number of rotatable bonds is 3. The Labute approximate surface area is 155 Å². The lowest BCUT2D eigenvalue weighted by Crippen LogP contribution is -2.50. The van der Waals surface area contributed by atoms with Gasteiger partial charge >= 0.3 is 0 Å². The van der Waals surface area contributed by atoms with Crippen molar-refractivity contribution in [2.24, 2.45) is 7.05 Å². The first-order chi connectivity index (χ1) is 13.1. The van der Waals surface area contributed by atoms with Crippen molar-refractivity contribution in [3.8, 4) is 0 Å². The van der Waals surface area contributed by atoms with Crippen LogP contribution in [0.4, 0.5) is 11.6 Å². The molecule has 0 bridgehead atoms. The number of hydrogen-bond acceptors (Lipinski definition) is 5. The zero-order chi connectivity index (χ0) is 18.5. The van der Waals surface area contributed by atoms with Crippen LogP contribution >= 0.6 is 0 Å². The van der Waals surface area contributed by atoms with Crippen LogP contribution in [-0.4, -0.2) is 44.9 Å². The van der Waals surface area contributed by atoms with Crippen LogP contribution in [-0.2, 0) is 11.8 Å². The van der Waals surface area contributed by atoms with Gasteiger partial charge < -0.3 is 9.80 Å². The van der Waals surface area contributed by atoms with Gasteiger partial charge in [-0.3, -0.25) is 18.8 Å². The molecule has 0 unspecified atom stereocenters. The summed E-state index contributed by atoms with van der Waals surface area (Å²) in [6.07, 6.45) is 5.22. The summed E-state index contributed by atoms with van der Waals surface area (Å²) in [6, 6.07) is 7.62. The number of para-hydroxylation sites is 1. The Morgan fingerprint density at radius 3 is 2.74 bits per heavy atom. The quantitative estimate of drug-likeness (QED) is 0.701. The highest BCUT2D eigenvalue weighted by Gasteiger charge is 2.32. The van der Waals surface area contributed by atoms with E-state index in [1.807, 2.05) is 29.1 Å². The smallest absolute Gasteiger partial charge is 0.262 e. The van der Waals surface area contributed by atoms with Gasteiger partial charge in [0, 0.05) is 39.3 Å². The summed E-state index contributed by atoms with van der Waals surface area (Å²) < 4.78 is 3.52. The molecule has 138 valence electrons. The second-order valence-corrected chi connectivity index (χ2v) is 7.18. The van der Waals surface area contributed by atoms with E-state index >= 15 is 0 Å². The Kier molecular flexibility index (Phi) is 3.53. The van der Waals surface area contributed by atoms with Crippen molar-refractivity contribution in [1.82, 2.24) is 19.3 Å². The van der Waals surface area contributed by atoms with Crippen molar-refractivity contribution in [3.05, 3.63) is 47.0 Å². The molecule has 8 nitrogen and oxygen atoms in total. The third kappa shape index (κ3) is 2.51. The third-order valence-electron chi connectivity index (χ3n) is 5.45. The van der Waals surface area contributed by atoms with Crippen LogP contribution < -0.4 is 15.4 Å². The van der Waals surface area contributed by atoms with E-state index in [0.717, 1.165) is 31.7 Å². The molecule has 4 heterocycles. The van der Waals surface area contributed by atoms with Gasteiger partial charge in [-0.25, -0.2) is 4.98 Å². The normalized spacial score (nSPS) is 17.7. The van der Waals surface area contributed by atoms with E-state index in [1.54, 1.807) is 28.8 Å². The highest BCUT2D eigenvalue weighted by atomic mass is 16.2. The molecular formula is C19H20N6O2. The fourth-order valence-corrected chi connectivity index (χ4v) is 3.86. The van der Waals surface area contributed by atoms with Crippen molar-refractivity contribution in [2.45, 2.75) is 18.9 Å². The van der Waals surface area contributed by atoms with Gasteiger partial charge in [-0.05, 0) is 18.6 Å². The summed E-state index contributed by atoms with van der Waals surface area (Å²) in [6.45, 7) is 2.23. The molecule has 2 saturated heterocycles. The first-order valence-corrected chi connectivity index (χ1v) is 9.17. The number of benzene rings is 1. The summed E-state index contributed by atoms with van der Waals surface area (Å²) in [4.78, 5) is 33.0. The maximum atomic E-state index is 12.6. The van der Waals surface area contributed by atoms with Crippen molar-refractivity contribution >= 4 is 28.4 Å². The van der Waals surface area contributed by atoms with Gasteiger partial charge in [-0.15, -0.1) is 0 Å².